The predicted molar refractivity (Wildman–Crippen MR) is 118 cm³/mol. The van der Waals surface area contributed by atoms with Crippen molar-refractivity contribution in [3.05, 3.63) is 59.7 Å². The predicted octanol–water partition coefficient (Wildman–Crippen LogP) is 6.00. The molecular formula is C25H30N2O3. The maximum Gasteiger partial charge on any atom is 0.228 e. The smallest absolute Gasteiger partial charge is 0.228 e. The number of rotatable bonds is 5. The second-order valence-electron chi connectivity index (χ2n) is 9.11. The summed E-state index contributed by atoms with van der Waals surface area (Å²) >= 11 is 0. The molecule has 0 saturated carbocycles. The molecule has 2 aliphatic rings. The Labute approximate surface area is 178 Å². The van der Waals surface area contributed by atoms with Gasteiger partial charge in [0.05, 0.1) is 17.6 Å². The normalized spacial score (nSPS) is 20.3. The number of carbonyl (C=O) groups excluding carboxylic acids is 2. The molecule has 0 saturated heterocycles. The molecule has 30 heavy (non-hydrogen) atoms. The monoisotopic (exact) mass is 406 g/mol. The largest absolute Gasteiger partial charge is 0.467 e. The fourth-order valence-corrected chi connectivity index (χ4v) is 4.63. The Kier molecular flexibility index (Phi) is 5.54. The Morgan fingerprint density at radius 1 is 1.17 bits per heavy atom. The molecule has 1 atom stereocenters. The maximum atomic E-state index is 13.5. The van der Waals surface area contributed by atoms with E-state index in [0.29, 0.717) is 24.2 Å². The van der Waals surface area contributed by atoms with Crippen molar-refractivity contribution in [3.63, 3.8) is 0 Å². The number of Topliss-reactive ketones (excluding diaryl/α,β-unsaturated/α-hetero) is 1. The van der Waals surface area contributed by atoms with Crippen molar-refractivity contribution in [2.75, 3.05) is 10.2 Å². The molecule has 1 N–H and O–H groups in total. The van der Waals surface area contributed by atoms with Crippen molar-refractivity contribution in [1.82, 2.24) is 0 Å². The third-order valence-electron chi connectivity index (χ3n) is 5.98. The zero-order valence-electron chi connectivity index (χ0n) is 18.0. The number of fused-ring (bicyclic) bond motifs is 1. The van der Waals surface area contributed by atoms with Gasteiger partial charge < -0.3 is 9.73 Å². The number of unbranched alkanes of at least 4 members (excludes halogenated alkanes) is 2. The summed E-state index contributed by atoms with van der Waals surface area (Å²) in [6.07, 6.45) is 6.15. The van der Waals surface area contributed by atoms with Crippen molar-refractivity contribution in [2.45, 2.75) is 65.3 Å². The minimum absolute atomic E-state index is 0.0190. The SMILES string of the molecule is CCCCCC(=O)N1c2ccccc2NC2=C(C(=O)CC(C)(C)C2)[C@H]1c1ccco1. The van der Waals surface area contributed by atoms with Crippen LogP contribution >= 0.6 is 0 Å². The van der Waals surface area contributed by atoms with E-state index < -0.39 is 6.04 Å². The van der Waals surface area contributed by atoms with Crippen molar-refractivity contribution >= 4 is 23.1 Å². The van der Waals surface area contributed by atoms with Crippen LogP contribution in [0.4, 0.5) is 11.4 Å². The Hall–Kier alpha value is -2.82. The van der Waals surface area contributed by atoms with Gasteiger partial charge in [0.1, 0.15) is 11.8 Å². The zero-order valence-corrected chi connectivity index (χ0v) is 18.0. The van der Waals surface area contributed by atoms with Crippen LogP contribution in [0.25, 0.3) is 0 Å². The molecule has 1 amide bonds. The van der Waals surface area contributed by atoms with Gasteiger partial charge in [0.2, 0.25) is 5.91 Å². The van der Waals surface area contributed by atoms with Crippen LogP contribution in [-0.2, 0) is 9.59 Å². The minimum atomic E-state index is -0.552. The first kappa shape index (κ1) is 20.5. The summed E-state index contributed by atoms with van der Waals surface area (Å²) in [7, 11) is 0. The van der Waals surface area contributed by atoms with Gasteiger partial charge in [-0.15, -0.1) is 0 Å². The molecule has 1 aliphatic heterocycles. The van der Waals surface area contributed by atoms with Crippen LogP contribution in [-0.4, -0.2) is 11.7 Å². The molecule has 2 aromatic rings. The molecule has 158 valence electrons. The number of nitrogens with zero attached hydrogens (tertiary/aromatic N) is 1. The number of para-hydroxylation sites is 2. The second-order valence-corrected chi connectivity index (χ2v) is 9.11. The topological polar surface area (TPSA) is 62.6 Å². The number of hydrogen-bond acceptors (Lipinski definition) is 4. The molecule has 0 radical (unpaired) electrons. The number of ketones is 1. The number of nitrogens with one attached hydrogen (secondary N) is 1. The highest BCUT2D eigenvalue weighted by molar-refractivity contribution is 6.06. The summed E-state index contributed by atoms with van der Waals surface area (Å²) in [6.45, 7) is 6.35. The van der Waals surface area contributed by atoms with E-state index in [9.17, 15) is 9.59 Å². The van der Waals surface area contributed by atoms with Crippen molar-refractivity contribution in [1.29, 1.82) is 0 Å². The Morgan fingerprint density at radius 2 is 1.97 bits per heavy atom. The summed E-state index contributed by atoms with van der Waals surface area (Å²) < 4.78 is 5.79. The van der Waals surface area contributed by atoms with Gasteiger partial charge in [-0.3, -0.25) is 14.5 Å². The van der Waals surface area contributed by atoms with Crippen LogP contribution < -0.4 is 10.2 Å². The number of carbonyl (C=O) groups is 2. The summed E-state index contributed by atoms with van der Waals surface area (Å²) in [5, 5.41) is 3.51. The zero-order chi connectivity index (χ0) is 21.3. The third-order valence-corrected chi connectivity index (χ3v) is 5.98. The number of allylic oxidation sites excluding steroid dienone is 1. The van der Waals surface area contributed by atoms with Crippen LogP contribution in [0.15, 0.2) is 58.3 Å². The van der Waals surface area contributed by atoms with E-state index in [1.54, 1.807) is 11.2 Å². The first-order valence-electron chi connectivity index (χ1n) is 10.9. The van der Waals surface area contributed by atoms with Gasteiger partial charge in [-0.2, -0.15) is 0 Å². The molecule has 2 heterocycles. The molecule has 0 fully saturated rings. The van der Waals surface area contributed by atoms with Crippen LogP contribution in [0.3, 0.4) is 0 Å². The van der Waals surface area contributed by atoms with E-state index in [4.69, 9.17) is 4.42 Å². The summed E-state index contributed by atoms with van der Waals surface area (Å²) in [6, 6.07) is 10.9. The minimum Gasteiger partial charge on any atom is -0.467 e. The molecule has 0 spiro atoms. The van der Waals surface area contributed by atoms with E-state index >= 15 is 0 Å². The van der Waals surface area contributed by atoms with Crippen molar-refractivity contribution < 1.29 is 14.0 Å². The Morgan fingerprint density at radius 3 is 2.70 bits per heavy atom. The second kappa shape index (κ2) is 8.13. The average Bonchev–Trinajstić information content (AvgIpc) is 3.17. The number of furan rings is 1. The molecular weight excluding hydrogens is 376 g/mol. The standard InChI is InChI=1S/C25H30N2O3/c1-4-5-6-13-22(29)27-19-11-8-7-10-17(19)26-18-15-25(2,3)16-20(28)23(18)24(27)21-12-9-14-30-21/h7-12,14,24,26H,4-6,13,15-16H2,1-3H3/t24-/m1/s1. The Balaban J connectivity index is 1.89. The molecule has 5 heteroatoms. The van der Waals surface area contributed by atoms with Crippen LogP contribution in [0, 0.1) is 5.41 Å². The maximum absolute atomic E-state index is 13.5. The number of benzene rings is 1. The highest BCUT2D eigenvalue weighted by Gasteiger charge is 2.44. The third kappa shape index (κ3) is 3.81. The molecule has 0 bridgehead atoms. The van der Waals surface area contributed by atoms with Gasteiger partial charge in [0.15, 0.2) is 5.78 Å². The van der Waals surface area contributed by atoms with E-state index in [0.717, 1.165) is 42.8 Å². The quantitative estimate of drug-likeness (QED) is 0.618. The lowest BCUT2D eigenvalue weighted by Crippen LogP contribution is -2.39. The van der Waals surface area contributed by atoms with Gasteiger partial charge in [0.25, 0.3) is 0 Å². The lowest BCUT2D eigenvalue weighted by molar-refractivity contribution is -0.119. The van der Waals surface area contributed by atoms with Crippen LogP contribution in [0.1, 0.15) is 71.1 Å². The first-order valence-corrected chi connectivity index (χ1v) is 10.9. The summed E-state index contributed by atoms with van der Waals surface area (Å²) in [5.74, 6) is 0.720. The molecule has 1 aromatic carbocycles. The van der Waals surface area contributed by atoms with E-state index in [2.05, 4.69) is 26.1 Å². The van der Waals surface area contributed by atoms with Gasteiger partial charge in [-0.1, -0.05) is 45.7 Å². The van der Waals surface area contributed by atoms with E-state index in [1.807, 2.05) is 36.4 Å². The molecule has 4 rings (SSSR count). The van der Waals surface area contributed by atoms with Crippen LogP contribution in [0.5, 0.6) is 0 Å². The van der Waals surface area contributed by atoms with E-state index in [1.165, 1.54) is 0 Å². The highest BCUT2D eigenvalue weighted by atomic mass is 16.3. The molecule has 0 unspecified atom stereocenters. The van der Waals surface area contributed by atoms with Gasteiger partial charge in [0, 0.05) is 24.1 Å². The summed E-state index contributed by atoms with van der Waals surface area (Å²) in [4.78, 5) is 28.7. The fraction of sp³-hybridized carbons (Fsp3) is 0.440. The first-order chi connectivity index (χ1) is 14.4. The van der Waals surface area contributed by atoms with Crippen molar-refractivity contribution in [3.8, 4) is 0 Å². The number of anilines is 2. The van der Waals surface area contributed by atoms with E-state index in [-0.39, 0.29) is 17.1 Å². The Bertz CT molecular complexity index is 972. The molecule has 5 nitrogen and oxygen atoms in total. The summed E-state index contributed by atoms with van der Waals surface area (Å²) in [5.41, 5.74) is 3.07. The lowest BCUT2D eigenvalue weighted by atomic mass is 9.74. The average molecular weight is 407 g/mol. The van der Waals surface area contributed by atoms with Gasteiger partial charge in [-0.25, -0.2) is 0 Å². The lowest BCUT2D eigenvalue weighted by Gasteiger charge is -2.36. The number of hydrogen-bond donors (Lipinski definition) is 1. The fourth-order valence-electron chi connectivity index (χ4n) is 4.63. The molecule has 1 aromatic heterocycles. The van der Waals surface area contributed by atoms with Crippen molar-refractivity contribution in [2.24, 2.45) is 5.41 Å². The van der Waals surface area contributed by atoms with Gasteiger partial charge >= 0.3 is 0 Å². The van der Waals surface area contributed by atoms with Gasteiger partial charge in [-0.05, 0) is 42.5 Å². The van der Waals surface area contributed by atoms with Crippen LogP contribution in [0.2, 0.25) is 0 Å². The highest BCUT2D eigenvalue weighted by Crippen LogP contribution is 2.48. The molecule has 1 aliphatic carbocycles. The number of amides is 1.